The Morgan fingerprint density at radius 2 is 2.25 bits per heavy atom. The summed E-state index contributed by atoms with van der Waals surface area (Å²) in [7, 11) is 0. The van der Waals surface area contributed by atoms with Crippen LogP contribution in [0.4, 0.5) is 0 Å². The number of pyridine rings is 1. The molecule has 1 aliphatic rings. The Balaban J connectivity index is 2.23. The number of ether oxygens (including phenoxy) is 1. The van der Waals surface area contributed by atoms with Crippen LogP contribution in [-0.2, 0) is 4.74 Å². The van der Waals surface area contributed by atoms with Crippen molar-refractivity contribution in [1.29, 1.82) is 5.26 Å². The van der Waals surface area contributed by atoms with Crippen molar-refractivity contribution in [2.24, 2.45) is 0 Å². The van der Waals surface area contributed by atoms with Gasteiger partial charge >= 0.3 is 0 Å². The quantitative estimate of drug-likeness (QED) is 0.684. The third kappa shape index (κ3) is 2.02. The van der Waals surface area contributed by atoms with Gasteiger partial charge in [-0.3, -0.25) is 9.78 Å². The van der Waals surface area contributed by atoms with Crippen molar-refractivity contribution >= 4 is 5.91 Å². The summed E-state index contributed by atoms with van der Waals surface area (Å²) >= 11 is 0. The zero-order chi connectivity index (χ0) is 11.4. The molecule has 0 aliphatic carbocycles. The van der Waals surface area contributed by atoms with Gasteiger partial charge in [0.2, 0.25) is 0 Å². The van der Waals surface area contributed by atoms with E-state index in [-0.39, 0.29) is 5.91 Å². The molecule has 1 fully saturated rings. The van der Waals surface area contributed by atoms with Gasteiger partial charge in [0.1, 0.15) is 6.07 Å². The molecule has 0 aromatic carbocycles. The molecule has 0 bridgehead atoms. The fraction of sp³-hybridized carbons (Fsp3) is 0.364. The van der Waals surface area contributed by atoms with E-state index in [9.17, 15) is 4.79 Å². The number of nitrogens with zero attached hydrogens (tertiary/aromatic N) is 3. The van der Waals surface area contributed by atoms with E-state index < -0.39 is 0 Å². The molecular weight excluding hydrogens is 206 g/mol. The fourth-order valence-electron chi connectivity index (χ4n) is 1.60. The van der Waals surface area contributed by atoms with E-state index in [1.807, 2.05) is 6.07 Å². The van der Waals surface area contributed by atoms with Gasteiger partial charge in [0.25, 0.3) is 5.91 Å². The molecule has 16 heavy (non-hydrogen) atoms. The van der Waals surface area contributed by atoms with Crippen LogP contribution in [0.5, 0.6) is 0 Å². The van der Waals surface area contributed by atoms with Crippen molar-refractivity contribution in [2.75, 3.05) is 26.3 Å². The number of hydrogen-bond donors (Lipinski definition) is 0. The minimum absolute atomic E-state index is 0.145. The predicted molar refractivity (Wildman–Crippen MR) is 55.7 cm³/mol. The van der Waals surface area contributed by atoms with Crippen molar-refractivity contribution in [2.45, 2.75) is 0 Å². The van der Waals surface area contributed by atoms with Gasteiger partial charge in [0.15, 0.2) is 0 Å². The van der Waals surface area contributed by atoms with Crippen molar-refractivity contribution in [3.63, 3.8) is 0 Å². The number of morpholine rings is 1. The molecule has 0 unspecified atom stereocenters. The number of amides is 1. The molecule has 0 saturated carbocycles. The number of nitriles is 1. The van der Waals surface area contributed by atoms with E-state index in [0.29, 0.717) is 37.4 Å². The summed E-state index contributed by atoms with van der Waals surface area (Å²) < 4.78 is 5.17. The highest BCUT2D eigenvalue weighted by Crippen LogP contribution is 2.10. The minimum atomic E-state index is -0.145. The number of aromatic nitrogens is 1. The Morgan fingerprint density at radius 3 is 2.94 bits per heavy atom. The Bertz CT molecular complexity index is 433. The molecule has 82 valence electrons. The first-order chi connectivity index (χ1) is 7.83. The maximum Gasteiger partial charge on any atom is 0.256 e. The van der Waals surface area contributed by atoms with Crippen LogP contribution in [0.3, 0.4) is 0 Å². The first kappa shape index (κ1) is 10.6. The Kier molecular flexibility index (Phi) is 3.13. The van der Waals surface area contributed by atoms with Crippen LogP contribution in [0.1, 0.15) is 15.9 Å². The molecule has 1 aromatic rings. The van der Waals surface area contributed by atoms with E-state index in [2.05, 4.69) is 4.98 Å². The van der Waals surface area contributed by atoms with Gasteiger partial charge in [-0.1, -0.05) is 0 Å². The van der Waals surface area contributed by atoms with Gasteiger partial charge in [-0.2, -0.15) is 5.26 Å². The topological polar surface area (TPSA) is 66.2 Å². The largest absolute Gasteiger partial charge is 0.378 e. The SMILES string of the molecule is N#Cc1ccncc1C(=O)N1CCOCC1. The Hall–Kier alpha value is -1.93. The Labute approximate surface area is 93.3 Å². The average molecular weight is 217 g/mol. The summed E-state index contributed by atoms with van der Waals surface area (Å²) in [4.78, 5) is 17.6. The summed E-state index contributed by atoms with van der Waals surface area (Å²) in [6.07, 6.45) is 2.95. The summed E-state index contributed by atoms with van der Waals surface area (Å²) in [6.45, 7) is 2.24. The monoisotopic (exact) mass is 217 g/mol. The highest BCUT2D eigenvalue weighted by Gasteiger charge is 2.20. The van der Waals surface area contributed by atoms with Gasteiger partial charge < -0.3 is 9.64 Å². The lowest BCUT2D eigenvalue weighted by atomic mass is 10.1. The normalized spacial score (nSPS) is 15.6. The molecule has 1 amide bonds. The third-order valence-electron chi connectivity index (χ3n) is 2.47. The van der Waals surface area contributed by atoms with Gasteiger partial charge in [-0.15, -0.1) is 0 Å². The fourth-order valence-corrected chi connectivity index (χ4v) is 1.60. The molecule has 5 heteroatoms. The lowest BCUT2D eigenvalue weighted by Gasteiger charge is -2.26. The smallest absolute Gasteiger partial charge is 0.256 e. The molecule has 2 heterocycles. The summed E-state index contributed by atoms with van der Waals surface area (Å²) in [5.74, 6) is -0.145. The van der Waals surface area contributed by atoms with E-state index in [4.69, 9.17) is 10.00 Å². The standard InChI is InChI=1S/C11H11N3O2/c12-7-9-1-2-13-8-10(9)11(15)14-3-5-16-6-4-14/h1-2,8H,3-6H2. The average Bonchev–Trinajstić information content (AvgIpc) is 2.39. The third-order valence-corrected chi connectivity index (χ3v) is 2.47. The van der Waals surface area contributed by atoms with Gasteiger partial charge in [-0.05, 0) is 6.07 Å². The van der Waals surface area contributed by atoms with Gasteiger partial charge in [-0.25, -0.2) is 0 Å². The second-order valence-corrected chi connectivity index (χ2v) is 3.44. The maximum absolute atomic E-state index is 12.1. The van der Waals surface area contributed by atoms with Crippen molar-refractivity contribution in [1.82, 2.24) is 9.88 Å². The second kappa shape index (κ2) is 4.73. The molecule has 0 atom stereocenters. The highest BCUT2D eigenvalue weighted by atomic mass is 16.5. The van der Waals surface area contributed by atoms with Crippen LogP contribution >= 0.6 is 0 Å². The first-order valence-corrected chi connectivity index (χ1v) is 5.04. The maximum atomic E-state index is 12.1. The van der Waals surface area contributed by atoms with Crippen LogP contribution in [-0.4, -0.2) is 42.1 Å². The zero-order valence-electron chi connectivity index (χ0n) is 8.72. The van der Waals surface area contributed by atoms with Crippen LogP contribution in [0.15, 0.2) is 18.5 Å². The molecule has 0 radical (unpaired) electrons. The first-order valence-electron chi connectivity index (χ1n) is 5.04. The van der Waals surface area contributed by atoms with Crippen LogP contribution in [0, 0.1) is 11.3 Å². The lowest BCUT2D eigenvalue weighted by molar-refractivity contribution is 0.0302. The van der Waals surface area contributed by atoms with Gasteiger partial charge in [0, 0.05) is 25.5 Å². The molecule has 1 aromatic heterocycles. The van der Waals surface area contributed by atoms with Crippen molar-refractivity contribution in [3.8, 4) is 6.07 Å². The summed E-state index contributed by atoms with van der Waals surface area (Å²) in [5.41, 5.74) is 0.735. The van der Waals surface area contributed by atoms with Crippen molar-refractivity contribution in [3.05, 3.63) is 29.6 Å². The van der Waals surface area contributed by atoms with E-state index in [1.165, 1.54) is 12.4 Å². The molecule has 0 spiro atoms. The molecule has 2 rings (SSSR count). The molecule has 5 nitrogen and oxygen atoms in total. The van der Waals surface area contributed by atoms with Crippen molar-refractivity contribution < 1.29 is 9.53 Å². The highest BCUT2D eigenvalue weighted by molar-refractivity contribution is 5.96. The molecule has 1 aliphatic heterocycles. The van der Waals surface area contributed by atoms with Gasteiger partial charge in [0.05, 0.1) is 24.3 Å². The van der Waals surface area contributed by atoms with Crippen LogP contribution in [0.25, 0.3) is 0 Å². The van der Waals surface area contributed by atoms with Crippen LogP contribution < -0.4 is 0 Å². The van der Waals surface area contributed by atoms with E-state index >= 15 is 0 Å². The van der Waals surface area contributed by atoms with Crippen LogP contribution in [0.2, 0.25) is 0 Å². The minimum Gasteiger partial charge on any atom is -0.378 e. The summed E-state index contributed by atoms with van der Waals surface area (Å²) in [6, 6.07) is 3.55. The molecule has 1 saturated heterocycles. The lowest BCUT2D eigenvalue weighted by Crippen LogP contribution is -2.41. The van der Waals surface area contributed by atoms with E-state index in [0.717, 1.165) is 0 Å². The number of carbonyl (C=O) groups is 1. The zero-order valence-corrected chi connectivity index (χ0v) is 8.72. The molecule has 0 N–H and O–H groups in total. The number of hydrogen-bond acceptors (Lipinski definition) is 4. The van der Waals surface area contributed by atoms with E-state index in [1.54, 1.807) is 11.0 Å². The molecular formula is C11H11N3O2. The number of rotatable bonds is 1. The predicted octanol–water partition coefficient (Wildman–Crippen LogP) is 0.426. The summed E-state index contributed by atoms with van der Waals surface area (Å²) in [5, 5.41) is 8.89. The Morgan fingerprint density at radius 1 is 1.50 bits per heavy atom. The number of carbonyl (C=O) groups excluding carboxylic acids is 1. The second-order valence-electron chi connectivity index (χ2n) is 3.44.